The minimum absolute atomic E-state index is 0.221. The fraction of sp³-hybridized carbons (Fsp3) is 0.167. The molecule has 5 nitrogen and oxygen atoms in total. The highest BCUT2D eigenvalue weighted by Gasteiger charge is 2.15. The number of rotatable bonds is 6. The second kappa shape index (κ2) is 6.90. The number of phenols is 1. The SMILES string of the molecule is COCCn1c(-c2ccc(O)cc2)ccc1-c1ccc(C(=O)O)s1. The van der Waals surface area contributed by atoms with E-state index in [0.717, 1.165) is 21.8 Å². The summed E-state index contributed by atoms with van der Waals surface area (Å²) in [5, 5.41) is 18.6. The van der Waals surface area contributed by atoms with Gasteiger partial charge in [0.25, 0.3) is 0 Å². The molecule has 24 heavy (non-hydrogen) atoms. The molecule has 0 spiro atoms. The van der Waals surface area contributed by atoms with Gasteiger partial charge in [-0.25, -0.2) is 4.79 Å². The van der Waals surface area contributed by atoms with Gasteiger partial charge in [0.15, 0.2) is 0 Å². The molecule has 0 aliphatic rings. The van der Waals surface area contributed by atoms with Crippen LogP contribution >= 0.6 is 11.3 Å². The highest BCUT2D eigenvalue weighted by molar-refractivity contribution is 7.17. The van der Waals surface area contributed by atoms with Crippen LogP contribution in [0.5, 0.6) is 5.75 Å². The van der Waals surface area contributed by atoms with Gasteiger partial charge in [0.1, 0.15) is 10.6 Å². The predicted molar refractivity (Wildman–Crippen MR) is 93.7 cm³/mol. The first-order valence-corrected chi connectivity index (χ1v) is 8.23. The highest BCUT2D eigenvalue weighted by Crippen LogP contribution is 2.33. The topological polar surface area (TPSA) is 71.7 Å². The van der Waals surface area contributed by atoms with Crippen molar-refractivity contribution in [2.75, 3.05) is 13.7 Å². The number of carboxylic acid groups (broad SMARTS) is 1. The number of carboxylic acids is 1. The maximum absolute atomic E-state index is 11.1. The molecule has 2 N–H and O–H groups in total. The number of nitrogens with zero attached hydrogens (tertiary/aromatic N) is 1. The number of ether oxygens (including phenoxy) is 1. The molecule has 0 amide bonds. The van der Waals surface area contributed by atoms with Crippen LogP contribution in [0.3, 0.4) is 0 Å². The molecule has 124 valence electrons. The monoisotopic (exact) mass is 343 g/mol. The summed E-state index contributed by atoms with van der Waals surface area (Å²) in [6.45, 7) is 1.19. The van der Waals surface area contributed by atoms with Crippen LogP contribution in [0.2, 0.25) is 0 Å². The number of aromatic nitrogens is 1. The van der Waals surface area contributed by atoms with Crippen molar-refractivity contribution in [3.8, 4) is 27.6 Å². The van der Waals surface area contributed by atoms with Crippen LogP contribution in [-0.2, 0) is 11.3 Å². The van der Waals surface area contributed by atoms with E-state index in [0.29, 0.717) is 18.0 Å². The minimum Gasteiger partial charge on any atom is -0.508 e. The molecule has 3 rings (SSSR count). The summed E-state index contributed by atoms with van der Waals surface area (Å²) in [6, 6.07) is 14.4. The van der Waals surface area contributed by atoms with E-state index in [2.05, 4.69) is 4.57 Å². The van der Waals surface area contributed by atoms with Crippen LogP contribution in [0.25, 0.3) is 21.8 Å². The van der Waals surface area contributed by atoms with Gasteiger partial charge in [0.05, 0.1) is 17.2 Å². The number of hydrogen-bond acceptors (Lipinski definition) is 4. The Morgan fingerprint density at radius 3 is 2.42 bits per heavy atom. The maximum atomic E-state index is 11.1. The maximum Gasteiger partial charge on any atom is 0.345 e. The number of benzene rings is 1. The number of aromatic hydroxyl groups is 1. The van der Waals surface area contributed by atoms with Crippen molar-refractivity contribution in [3.05, 3.63) is 53.4 Å². The fourth-order valence-electron chi connectivity index (χ4n) is 2.58. The highest BCUT2D eigenvalue weighted by atomic mass is 32.1. The van der Waals surface area contributed by atoms with Gasteiger partial charge in [0, 0.05) is 19.3 Å². The molecule has 0 aliphatic carbocycles. The third kappa shape index (κ3) is 3.20. The van der Waals surface area contributed by atoms with E-state index in [4.69, 9.17) is 9.84 Å². The number of hydrogen-bond donors (Lipinski definition) is 2. The zero-order valence-corrected chi connectivity index (χ0v) is 13.9. The number of thiophene rings is 1. The van der Waals surface area contributed by atoms with Gasteiger partial charge in [0.2, 0.25) is 0 Å². The first-order chi connectivity index (χ1) is 11.6. The van der Waals surface area contributed by atoms with E-state index in [9.17, 15) is 9.90 Å². The van der Waals surface area contributed by atoms with Gasteiger partial charge in [-0.3, -0.25) is 0 Å². The lowest BCUT2D eigenvalue weighted by Crippen LogP contribution is -2.06. The molecule has 0 bridgehead atoms. The number of phenolic OH excluding ortho intramolecular Hbond substituents is 1. The second-order valence-corrected chi connectivity index (χ2v) is 6.35. The molecular weight excluding hydrogens is 326 g/mol. The summed E-state index contributed by atoms with van der Waals surface area (Å²) in [5.74, 6) is -0.696. The third-order valence-corrected chi connectivity index (χ3v) is 4.83. The molecule has 0 aliphatic heterocycles. The standard InChI is InChI=1S/C18H17NO4S/c1-23-11-10-19-14(12-2-4-13(20)5-3-12)6-7-15(19)16-8-9-17(24-16)18(21)22/h2-9,20H,10-11H2,1H3,(H,21,22). The van der Waals surface area contributed by atoms with E-state index < -0.39 is 5.97 Å². The molecule has 0 saturated heterocycles. The van der Waals surface area contributed by atoms with E-state index in [-0.39, 0.29) is 5.75 Å². The lowest BCUT2D eigenvalue weighted by molar-refractivity contribution is 0.0702. The van der Waals surface area contributed by atoms with Crippen LogP contribution in [0.4, 0.5) is 0 Å². The Labute approximate surface area is 143 Å². The Bertz CT molecular complexity index is 848. The second-order valence-electron chi connectivity index (χ2n) is 5.26. The lowest BCUT2D eigenvalue weighted by Gasteiger charge is -2.13. The normalized spacial score (nSPS) is 10.9. The molecule has 2 aromatic heterocycles. The average Bonchev–Trinajstić information content (AvgIpc) is 3.20. The molecule has 1 aromatic carbocycles. The van der Waals surface area contributed by atoms with Gasteiger partial charge in [-0.2, -0.15) is 0 Å². The number of aromatic carboxylic acids is 1. The van der Waals surface area contributed by atoms with Crippen molar-refractivity contribution in [2.45, 2.75) is 6.54 Å². The van der Waals surface area contributed by atoms with Crippen molar-refractivity contribution in [2.24, 2.45) is 0 Å². The van der Waals surface area contributed by atoms with Gasteiger partial charge in [-0.05, 0) is 54.1 Å². The van der Waals surface area contributed by atoms with Gasteiger partial charge in [-0.15, -0.1) is 11.3 Å². The molecule has 0 radical (unpaired) electrons. The minimum atomic E-state index is -0.917. The van der Waals surface area contributed by atoms with Crippen molar-refractivity contribution in [3.63, 3.8) is 0 Å². The summed E-state index contributed by atoms with van der Waals surface area (Å²) in [6.07, 6.45) is 0. The molecule has 2 heterocycles. The van der Waals surface area contributed by atoms with E-state index in [1.807, 2.05) is 30.3 Å². The van der Waals surface area contributed by atoms with Crippen LogP contribution in [0.1, 0.15) is 9.67 Å². The molecule has 6 heteroatoms. The number of methoxy groups -OCH3 is 1. The van der Waals surface area contributed by atoms with Gasteiger partial charge >= 0.3 is 5.97 Å². The Balaban J connectivity index is 2.05. The molecule has 0 saturated carbocycles. The smallest absolute Gasteiger partial charge is 0.345 e. The van der Waals surface area contributed by atoms with Crippen LogP contribution < -0.4 is 0 Å². The lowest BCUT2D eigenvalue weighted by atomic mass is 10.1. The molecule has 0 atom stereocenters. The summed E-state index contributed by atoms with van der Waals surface area (Å²) >= 11 is 1.25. The summed E-state index contributed by atoms with van der Waals surface area (Å²) < 4.78 is 7.31. The largest absolute Gasteiger partial charge is 0.508 e. The first-order valence-electron chi connectivity index (χ1n) is 7.41. The van der Waals surface area contributed by atoms with E-state index in [1.165, 1.54) is 11.3 Å². The quantitative estimate of drug-likeness (QED) is 0.711. The Hall–Kier alpha value is -2.57. The molecule has 3 aromatic rings. The summed E-state index contributed by atoms with van der Waals surface area (Å²) in [4.78, 5) is 12.3. The Morgan fingerprint density at radius 1 is 1.08 bits per heavy atom. The van der Waals surface area contributed by atoms with Crippen molar-refractivity contribution >= 4 is 17.3 Å². The van der Waals surface area contributed by atoms with Crippen LogP contribution in [0.15, 0.2) is 48.5 Å². The van der Waals surface area contributed by atoms with Crippen molar-refractivity contribution < 1.29 is 19.7 Å². The number of carbonyl (C=O) groups is 1. The van der Waals surface area contributed by atoms with Crippen molar-refractivity contribution in [1.82, 2.24) is 4.57 Å². The Kier molecular flexibility index (Phi) is 4.69. The average molecular weight is 343 g/mol. The van der Waals surface area contributed by atoms with Gasteiger partial charge in [-0.1, -0.05) is 0 Å². The van der Waals surface area contributed by atoms with E-state index >= 15 is 0 Å². The van der Waals surface area contributed by atoms with Crippen molar-refractivity contribution in [1.29, 1.82) is 0 Å². The van der Waals surface area contributed by atoms with Crippen LogP contribution in [0, 0.1) is 0 Å². The molecular formula is C18H17NO4S. The van der Waals surface area contributed by atoms with E-state index in [1.54, 1.807) is 25.3 Å². The zero-order chi connectivity index (χ0) is 17.1. The molecule has 0 fully saturated rings. The summed E-state index contributed by atoms with van der Waals surface area (Å²) in [5.41, 5.74) is 2.92. The summed E-state index contributed by atoms with van der Waals surface area (Å²) in [7, 11) is 1.65. The van der Waals surface area contributed by atoms with Crippen LogP contribution in [-0.4, -0.2) is 34.5 Å². The third-order valence-electron chi connectivity index (χ3n) is 3.73. The Morgan fingerprint density at radius 2 is 1.79 bits per heavy atom. The zero-order valence-electron chi connectivity index (χ0n) is 13.1. The first kappa shape index (κ1) is 16.3. The fourth-order valence-corrected chi connectivity index (χ4v) is 3.46. The molecule has 0 unspecified atom stereocenters. The van der Waals surface area contributed by atoms with Gasteiger partial charge < -0.3 is 19.5 Å². The predicted octanol–water partition coefficient (Wildman–Crippen LogP) is 3.93.